The summed E-state index contributed by atoms with van der Waals surface area (Å²) in [5.41, 5.74) is 1.48. The average Bonchev–Trinajstić information content (AvgIpc) is 2.66. The number of nitrogens with one attached hydrogen (secondary N) is 1. The Hall–Kier alpha value is -1.33. The summed E-state index contributed by atoms with van der Waals surface area (Å²) in [6, 6.07) is 3.48. The van der Waals surface area contributed by atoms with Gasteiger partial charge in [-0.2, -0.15) is 0 Å². The van der Waals surface area contributed by atoms with Crippen molar-refractivity contribution in [2.45, 2.75) is 26.3 Å². The SMILES string of the molecule is CNC(Cc1nc(C)c(C)s1)c1ccc(F)cc1F. The first-order valence-corrected chi connectivity index (χ1v) is 6.88. The molecule has 0 saturated carbocycles. The Balaban J connectivity index is 2.24. The molecule has 19 heavy (non-hydrogen) atoms. The molecule has 1 aromatic heterocycles. The second-order valence-electron chi connectivity index (χ2n) is 4.46. The molecule has 0 bridgehead atoms. The fourth-order valence-electron chi connectivity index (χ4n) is 1.95. The van der Waals surface area contributed by atoms with Crippen LogP contribution in [-0.4, -0.2) is 12.0 Å². The summed E-state index contributed by atoms with van der Waals surface area (Å²) in [6.45, 7) is 3.98. The van der Waals surface area contributed by atoms with E-state index in [9.17, 15) is 8.78 Å². The van der Waals surface area contributed by atoms with Crippen LogP contribution < -0.4 is 5.32 Å². The molecule has 2 aromatic rings. The number of rotatable bonds is 4. The van der Waals surface area contributed by atoms with E-state index in [-0.39, 0.29) is 6.04 Å². The Morgan fingerprint density at radius 3 is 2.58 bits per heavy atom. The van der Waals surface area contributed by atoms with Gasteiger partial charge in [-0.15, -0.1) is 11.3 Å². The Bertz CT molecular complexity index is 561. The molecule has 1 aromatic carbocycles. The van der Waals surface area contributed by atoms with Crippen LogP contribution in [0.5, 0.6) is 0 Å². The van der Waals surface area contributed by atoms with Crippen LogP contribution in [0.1, 0.15) is 27.2 Å². The Kier molecular flexibility index (Phi) is 4.27. The Morgan fingerprint density at radius 2 is 2.05 bits per heavy atom. The number of benzene rings is 1. The van der Waals surface area contributed by atoms with Gasteiger partial charge in [-0.3, -0.25) is 0 Å². The van der Waals surface area contributed by atoms with Crippen molar-refractivity contribution in [1.29, 1.82) is 0 Å². The van der Waals surface area contributed by atoms with Crippen LogP contribution in [0.25, 0.3) is 0 Å². The average molecular weight is 282 g/mol. The van der Waals surface area contributed by atoms with E-state index < -0.39 is 11.6 Å². The number of nitrogens with zero attached hydrogens (tertiary/aromatic N) is 1. The van der Waals surface area contributed by atoms with Gasteiger partial charge < -0.3 is 5.32 Å². The standard InChI is InChI=1S/C14H16F2N2S/c1-8-9(2)19-14(18-8)7-13(17-3)11-5-4-10(15)6-12(11)16/h4-6,13,17H,7H2,1-3H3. The highest BCUT2D eigenvalue weighted by molar-refractivity contribution is 7.11. The minimum Gasteiger partial charge on any atom is -0.313 e. The van der Waals surface area contributed by atoms with Gasteiger partial charge in [0, 0.05) is 29.0 Å². The van der Waals surface area contributed by atoms with E-state index >= 15 is 0 Å². The van der Waals surface area contributed by atoms with Crippen LogP contribution in [-0.2, 0) is 6.42 Å². The molecule has 0 aliphatic rings. The molecule has 102 valence electrons. The van der Waals surface area contributed by atoms with Crippen molar-refractivity contribution in [1.82, 2.24) is 10.3 Å². The van der Waals surface area contributed by atoms with E-state index in [1.807, 2.05) is 13.8 Å². The van der Waals surface area contributed by atoms with Gasteiger partial charge in [-0.1, -0.05) is 6.07 Å². The van der Waals surface area contributed by atoms with Crippen molar-refractivity contribution in [3.63, 3.8) is 0 Å². The van der Waals surface area contributed by atoms with Crippen molar-refractivity contribution in [2.75, 3.05) is 7.05 Å². The maximum absolute atomic E-state index is 13.8. The van der Waals surface area contributed by atoms with Crippen molar-refractivity contribution < 1.29 is 8.78 Å². The molecule has 2 rings (SSSR count). The number of hydrogen-bond acceptors (Lipinski definition) is 3. The van der Waals surface area contributed by atoms with E-state index in [4.69, 9.17) is 0 Å². The molecule has 2 nitrogen and oxygen atoms in total. The summed E-state index contributed by atoms with van der Waals surface area (Å²) in [5.74, 6) is -1.08. The first-order chi connectivity index (χ1) is 9.01. The summed E-state index contributed by atoms with van der Waals surface area (Å²) in [4.78, 5) is 5.62. The van der Waals surface area contributed by atoms with E-state index in [1.54, 1.807) is 18.4 Å². The summed E-state index contributed by atoms with van der Waals surface area (Å²) in [7, 11) is 1.76. The third-order valence-corrected chi connectivity index (χ3v) is 4.23. The number of halogens is 2. The molecule has 1 unspecified atom stereocenters. The third-order valence-electron chi connectivity index (χ3n) is 3.14. The first kappa shape index (κ1) is 14.1. The zero-order chi connectivity index (χ0) is 14.0. The summed E-state index contributed by atoms with van der Waals surface area (Å²) >= 11 is 1.61. The number of hydrogen-bond donors (Lipinski definition) is 1. The molecule has 1 N–H and O–H groups in total. The fraction of sp³-hybridized carbons (Fsp3) is 0.357. The predicted octanol–water partition coefficient (Wildman–Crippen LogP) is 3.54. The first-order valence-electron chi connectivity index (χ1n) is 6.06. The molecule has 1 heterocycles. The highest BCUT2D eigenvalue weighted by Gasteiger charge is 2.17. The monoisotopic (exact) mass is 282 g/mol. The molecule has 0 amide bonds. The van der Waals surface area contributed by atoms with E-state index in [0.29, 0.717) is 12.0 Å². The van der Waals surface area contributed by atoms with Crippen LogP contribution in [0.2, 0.25) is 0 Å². The lowest BCUT2D eigenvalue weighted by molar-refractivity contribution is 0.521. The predicted molar refractivity (Wildman–Crippen MR) is 73.5 cm³/mol. The summed E-state index contributed by atoms with van der Waals surface area (Å²) in [5, 5.41) is 4.02. The van der Waals surface area contributed by atoms with Gasteiger partial charge in [0.2, 0.25) is 0 Å². The quantitative estimate of drug-likeness (QED) is 0.927. The van der Waals surface area contributed by atoms with Crippen molar-refractivity contribution in [3.05, 3.63) is 51.0 Å². The van der Waals surface area contributed by atoms with Crippen molar-refractivity contribution in [3.8, 4) is 0 Å². The minimum atomic E-state index is -0.558. The molecule has 0 aliphatic carbocycles. The summed E-state index contributed by atoms with van der Waals surface area (Å²) < 4.78 is 26.7. The second kappa shape index (κ2) is 5.75. The molecule has 0 radical (unpaired) electrons. The largest absolute Gasteiger partial charge is 0.313 e. The maximum Gasteiger partial charge on any atom is 0.130 e. The van der Waals surface area contributed by atoms with Crippen molar-refractivity contribution >= 4 is 11.3 Å². The van der Waals surface area contributed by atoms with Gasteiger partial charge >= 0.3 is 0 Å². The molecule has 0 saturated heterocycles. The molecule has 5 heteroatoms. The van der Waals surface area contributed by atoms with E-state index in [1.165, 1.54) is 17.0 Å². The molecular formula is C14H16F2N2S. The zero-order valence-corrected chi connectivity index (χ0v) is 11.9. The Morgan fingerprint density at radius 1 is 1.32 bits per heavy atom. The normalized spacial score (nSPS) is 12.7. The fourth-order valence-corrected chi connectivity index (χ4v) is 2.93. The number of thiazole rings is 1. The van der Waals surface area contributed by atoms with Crippen LogP contribution in [0.3, 0.4) is 0 Å². The van der Waals surface area contributed by atoms with Crippen LogP contribution >= 0.6 is 11.3 Å². The lowest BCUT2D eigenvalue weighted by atomic mass is 10.0. The van der Waals surface area contributed by atoms with Crippen LogP contribution in [0.4, 0.5) is 8.78 Å². The smallest absolute Gasteiger partial charge is 0.130 e. The van der Waals surface area contributed by atoms with E-state index in [0.717, 1.165) is 16.8 Å². The zero-order valence-electron chi connectivity index (χ0n) is 11.1. The molecular weight excluding hydrogens is 266 g/mol. The number of aryl methyl sites for hydroxylation is 2. The molecule has 0 aliphatic heterocycles. The van der Waals surface area contributed by atoms with Gasteiger partial charge in [0.25, 0.3) is 0 Å². The Labute approximate surface area is 115 Å². The highest BCUT2D eigenvalue weighted by Crippen LogP contribution is 2.25. The van der Waals surface area contributed by atoms with E-state index in [2.05, 4.69) is 10.3 Å². The highest BCUT2D eigenvalue weighted by atomic mass is 32.1. The molecule has 1 atom stereocenters. The second-order valence-corrected chi connectivity index (χ2v) is 5.75. The third kappa shape index (κ3) is 3.16. The van der Waals surface area contributed by atoms with Gasteiger partial charge in [-0.25, -0.2) is 13.8 Å². The van der Waals surface area contributed by atoms with Gasteiger partial charge in [-0.05, 0) is 27.0 Å². The lowest BCUT2D eigenvalue weighted by Crippen LogP contribution is -2.20. The lowest BCUT2D eigenvalue weighted by Gasteiger charge is -2.16. The minimum absolute atomic E-state index is 0.203. The van der Waals surface area contributed by atoms with Crippen LogP contribution in [0.15, 0.2) is 18.2 Å². The van der Waals surface area contributed by atoms with Gasteiger partial charge in [0.1, 0.15) is 11.6 Å². The summed E-state index contributed by atoms with van der Waals surface area (Å²) in [6.07, 6.45) is 0.596. The topological polar surface area (TPSA) is 24.9 Å². The van der Waals surface area contributed by atoms with Crippen LogP contribution in [0, 0.1) is 25.5 Å². The van der Waals surface area contributed by atoms with Gasteiger partial charge in [0.05, 0.1) is 10.7 Å². The molecule has 0 fully saturated rings. The molecule has 0 spiro atoms. The maximum atomic E-state index is 13.8. The number of likely N-dealkylation sites (N-methyl/N-ethyl adjacent to an activating group) is 1. The van der Waals surface area contributed by atoms with Crippen molar-refractivity contribution in [2.24, 2.45) is 0 Å². The number of aromatic nitrogens is 1. The van der Waals surface area contributed by atoms with Gasteiger partial charge in [0.15, 0.2) is 0 Å².